The fourth-order valence-electron chi connectivity index (χ4n) is 2.94. The first kappa shape index (κ1) is 22.2. The van der Waals surface area contributed by atoms with Crippen LogP contribution in [0, 0.1) is 23.7 Å². The summed E-state index contributed by atoms with van der Waals surface area (Å²) in [6.07, 6.45) is 5.28. The molecule has 0 saturated carbocycles. The van der Waals surface area contributed by atoms with E-state index in [0.29, 0.717) is 28.1 Å². The van der Waals surface area contributed by atoms with Crippen LogP contribution in [0.15, 0.2) is 39.4 Å². The number of halogens is 1. The summed E-state index contributed by atoms with van der Waals surface area (Å²) < 4.78 is 22.4. The van der Waals surface area contributed by atoms with Crippen molar-refractivity contribution in [1.82, 2.24) is 0 Å². The molecule has 0 aliphatic carbocycles. The van der Waals surface area contributed by atoms with Crippen LogP contribution in [0.2, 0.25) is 0 Å². The van der Waals surface area contributed by atoms with Crippen molar-refractivity contribution < 1.29 is 23.7 Å². The third-order valence-corrected chi connectivity index (χ3v) is 4.77. The van der Waals surface area contributed by atoms with E-state index in [1.165, 1.54) is 0 Å². The van der Waals surface area contributed by atoms with Crippen LogP contribution in [0.3, 0.4) is 0 Å². The molecule has 152 valence electrons. The van der Waals surface area contributed by atoms with Gasteiger partial charge >= 0.3 is 5.97 Å². The van der Waals surface area contributed by atoms with Crippen molar-refractivity contribution in [1.29, 1.82) is 5.26 Å². The van der Waals surface area contributed by atoms with Gasteiger partial charge in [-0.2, -0.15) is 5.26 Å². The van der Waals surface area contributed by atoms with Gasteiger partial charge in [0, 0.05) is 4.47 Å². The molecule has 0 saturated heterocycles. The molecule has 0 spiro atoms. The Balaban J connectivity index is 2.70. The van der Waals surface area contributed by atoms with Crippen LogP contribution < -0.4 is 15.2 Å². The largest absolute Gasteiger partial charge is 0.490 e. The molecule has 0 aromatic heterocycles. The predicted octanol–water partition coefficient (Wildman–Crippen LogP) is 3.50. The Hall–Kier alpha value is -3.10. The Kier molecular flexibility index (Phi) is 7.58. The van der Waals surface area contributed by atoms with Crippen LogP contribution in [-0.2, 0) is 14.3 Å². The predicted molar refractivity (Wildman–Crippen MR) is 110 cm³/mol. The van der Waals surface area contributed by atoms with Gasteiger partial charge in [-0.25, -0.2) is 4.79 Å². The summed E-state index contributed by atoms with van der Waals surface area (Å²) in [4.78, 5) is 12.7. The number of nitrogens with zero attached hydrogens (tertiary/aromatic N) is 1. The maximum atomic E-state index is 12.7. The zero-order chi connectivity index (χ0) is 21.6. The molecule has 2 rings (SSSR count). The average Bonchev–Trinajstić information content (AvgIpc) is 2.67. The van der Waals surface area contributed by atoms with E-state index >= 15 is 0 Å². The third-order valence-electron chi connectivity index (χ3n) is 4.09. The van der Waals surface area contributed by atoms with Gasteiger partial charge in [0.15, 0.2) is 11.5 Å². The fraction of sp³-hybridized carbons (Fsp3) is 0.333. The number of esters is 1. The van der Waals surface area contributed by atoms with Crippen molar-refractivity contribution in [3.05, 3.63) is 45.0 Å². The number of nitrogens with two attached hydrogens (primary N) is 1. The van der Waals surface area contributed by atoms with E-state index in [-0.39, 0.29) is 36.0 Å². The van der Waals surface area contributed by atoms with Crippen molar-refractivity contribution in [2.45, 2.75) is 26.7 Å². The van der Waals surface area contributed by atoms with Crippen molar-refractivity contribution in [3.8, 4) is 29.9 Å². The molecule has 0 amide bonds. The lowest BCUT2D eigenvalue weighted by molar-refractivity contribution is -0.139. The molecule has 1 unspecified atom stereocenters. The molecule has 1 heterocycles. The second-order valence-corrected chi connectivity index (χ2v) is 6.72. The number of carbonyl (C=O) groups is 1. The first-order valence-corrected chi connectivity index (χ1v) is 9.66. The van der Waals surface area contributed by atoms with E-state index in [4.69, 9.17) is 31.1 Å². The van der Waals surface area contributed by atoms with Gasteiger partial charge in [-0.1, -0.05) is 21.9 Å². The van der Waals surface area contributed by atoms with Gasteiger partial charge in [0.05, 0.1) is 24.7 Å². The maximum absolute atomic E-state index is 12.7. The molecule has 1 atom stereocenters. The quantitative estimate of drug-likeness (QED) is 0.490. The van der Waals surface area contributed by atoms with Crippen LogP contribution in [0.4, 0.5) is 0 Å². The summed E-state index contributed by atoms with van der Waals surface area (Å²) in [5.74, 6) is 2.06. The zero-order valence-corrected chi connectivity index (χ0v) is 18.0. The first-order chi connectivity index (χ1) is 13.9. The minimum Gasteiger partial charge on any atom is -0.490 e. The third kappa shape index (κ3) is 4.67. The van der Waals surface area contributed by atoms with Gasteiger partial charge in [0.2, 0.25) is 5.88 Å². The van der Waals surface area contributed by atoms with Gasteiger partial charge in [-0.05, 0) is 38.5 Å². The number of rotatable bonds is 7. The van der Waals surface area contributed by atoms with Gasteiger partial charge in [-0.3, -0.25) is 0 Å². The molecule has 1 aromatic rings. The highest BCUT2D eigenvalue weighted by molar-refractivity contribution is 9.10. The summed E-state index contributed by atoms with van der Waals surface area (Å²) in [6, 6.07) is 5.41. The number of nitriles is 1. The topological polar surface area (TPSA) is 104 Å². The van der Waals surface area contributed by atoms with Crippen molar-refractivity contribution >= 4 is 21.9 Å². The number of hydrogen-bond acceptors (Lipinski definition) is 7. The second-order valence-electron chi connectivity index (χ2n) is 5.86. The number of terminal acetylenes is 1. The van der Waals surface area contributed by atoms with Crippen molar-refractivity contribution in [2.24, 2.45) is 5.73 Å². The highest BCUT2D eigenvalue weighted by Gasteiger charge is 2.37. The van der Waals surface area contributed by atoms with E-state index in [1.54, 1.807) is 26.0 Å². The van der Waals surface area contributed by atoms with Gasteiger partial charge < -0.3 is 24.7 Å². The Morgan fingerprint density at radius 2 is 2.00 bits per heavy atom. The SMILES string of the molecule is C#CCOc1cc(Br)c(C2C(C#N)=C(N)OC(C)=C2C(=O)OCC)cc1OCC. The van der Waals surface area contributed by atoms with Gasteiger partial charge in [-0.15, -0.1) is 6.42 Å². The monoisotopic (exact) mass is 460 g/mol. The van der Waals surface area contributed by atoms with Crippen LogP contribution in [0.25, 0.3) is 0 Å². The van der Waals surface area contributed by atoms with Gasteiger partial charge in [0.25, 0.3) is 0 Å². The van der Waals surface area contributed by atoms with Gasteiger partial charge in [0.1, 0.15) is 24.0 Å². The summed E-state index contributed by atoms with van der Waals surface area (Å²) in [5, 5.41) is 9.71. The Bertz CT molecular complexity index is 953. The number of ether oxygens (including phenoxy) is 4. The van der Waals surface area contributed by atoms with Crippen molar-refractivity contribution in [3.63, 3.8) is 0 Å². The molecule has 1 aliphatic heterocycles. The van der Waals surface area contributed by atoms with Crippen LogP contribution in [-0.4, -0.2) is 25.8 Å². The highest BCUT2D eigenvalue weighted by Crippen LogP contribution is 2.45. The molecule has 29 heavy (non-hydrogen) atoms. The summed E-state index contributed by atoms with van der Waals surface area (Å²) in [7, 11) is 0. The van der Waals surface area contributed by atoms with E-state index in [9.17, 15) is 10.1 Å². The van der Waals surface area contributed by atoms with Crippen LogP contribution in [0.1, 0.15) is 32.3 Å². The summed E-state index contributed by atoms with van der Waals surface area (Å²) >= 11 is 3.50. The smallest absolute Gasteiger partial charge is 0.338 e. The minimum absolute atomic E-state index is 0.0620. The van der Waals surface area contributed by atoms with E-state index in [0.717, 1.165) is 0 Å². The molecular formula is C21H21BrN2O5. The zero-order valence-electron chi connectivity index (χ0n) is 16.4. The molecule has 1 aromatic carbocycles. The average molecular weight is 461 g/mol. The minimum atomic E-state index is -0.803. The lowest BCUT2D eigenvalue weighted by atomic mass is 9.83. The molecule has 0 fully saturated rings. The number of hydrogen-bond donors (Lipinski definition) is 1. The molecule has 8 heteroatoms. The Morgan fingerprint density at radius 1 is 1.31 bits per heavy atom. The summed E-state index contributed by atoms with van der Waals surface area (Å²) in [6.45, 7) is 5.74. The summed E-state index contributed by atoms with van der Waals surface area (Å²) in [5.41, 5.74) is 6.81. The van der Waals surface area contributed by atoms with Crippen LogP contribution in [0.5, 0.6) is 11.5 Å². The maximum Gasteiger partial charge on any atom is 0.338 e. The van der Waals surface area contributed by atoms with E-state index in [1.807, 2.05) is 13.0 Å². The Morgan fingerprint density at radius 3 is 2.59 bits per heavy atom. The number of allylic oxidation sites excluding steroid dienone is 2. The molecule has 2 N–H and O–H groups in total. The molecule has 0 radical (unpaired) electrons. The standard InChI is InChI=1S/C21H21BrN2O5/c1-5-8-28-17-10-15(22)13(9-16(17)26-6-2)19-14(11-23)20(24)29-12(4)18(19)21(25)27-7-3/h1,9-10,19H,6-8,24H2,2-4H3. The second kappa shape index (κ2) is 9.90. The Labute approximate surface area is 178 Å². The number of benzene rings is 1. The van der Waals surface area contributed by atoms with E-state index in [2.05, 4.69) is 21.9 Å². The normalized spacial score (nSPS) is 15.9. The fourth-order valence-corrected chi connectivity index (χ4v) is 3.49. The first-order valence-electron chi connectivity index (χ1n) is 8.87. The highest BCUT2D eigenvalue weighted by atomic mass is 79.9. The molecule has 0 bridgehead atoms. The molecular weight excluding hydrogens is 440 g/mol. The number of carbonyl (C=O) groups excluding carboxylic acids is 1. The molecule has 1 aliphatic rings. The lowest BCUT2D eigenvalue weighted by Gasteiger charge is -2.28. The van der Waals surface area contributed by atoms with Crippen LogP contribution >= 0.6 is 15.9 Å². The van der Waals surface area contributed by atoms with Crippen molar-refractivity contribution in [2.75, 3.05) is 19.8 Å². The molecule has 7 nitrogen and oxygen atoms in total. The lowest BCUT2D eigenvalue weighted by Crippen LogP contribution is -2.25. The van der Waals surface area contributed by atoms with E-state index < -0.39 is 11.9 Å².